The molecule has 1 aromatic carbocycles. The van der Waals surface area contributed by atoms with Crippen LogP contribution < -0.4 is 4.73 Å². The zero-order chi connectivity index (χ0) is 31.0. The number of carboxylic acid groups (broad SMARTS) is 2. The molecule has 2 aliphatic heterocycles. The molecule has 4 rings (SSSR count). The number of benzene rings is 1. The van der Waals surface area contributed by atoms with Crippen LogP contribution in [0, 0.1) is 25.0 Å². The average molecular weight is 648 g/mol. The Morgan fingerprint density at radius 2 is 1.62 bits per heavy atom. The first-order chi connectivity index (χ1) is 19.9. The van der Waals surface area contributed by atoms with Crippen LogP contribution in [0.15, 0.2) is 46.2 Å². The van der Waals surface area contributed by atoms with Gasteiger partial charge in [-0.2, -0.15) is 4.73 Å². The van der Waals surface area contributed by atoms with Crippen LogP contribution in [0.5, 0.6) is 0 Å². The van der Waals surface area contributed by atoms with Gasteiger partial charge in [0.25, 0.3) is 5.91 Å². The molecule has 42 heavy (non-hydrogen) atoms. The summed E-state index contributed by atoms with van der Waals surface area (Å²) in [7, 11) is 0. The largest absolute Gasteiger partial charge is 0.618 e. The summed E-state index contributed by atoms with van der Waals surface area (Å²) in [6.07, 6.45) is 5.40. The van der Waals surface area contributed by atoms with Crippen LogP contribution in [0.2, 0.25) is 0 Å². The number of carboxylic acids is 2. The summed E-state index contributed by atoms with van der Waals surface area (Å²) in [5.41, 5.74) is 4.11. The maximum absolute atomic E-state index is 13.3. The number of rotatable bonds is 6. The molecule has 2 aromatic rings. The molecule has 2 aliphatic rings. The Kier molecular flexibility index (Phi) is 11.5. The number of likely N-dealkylation sites (tertiary alicyclic amines) is 2. The second-order valence-corrected chi connectivity index (χ2v) is 11.8. The molecule has 0 saturated carbocycles. The lowest BCUT2D eigenvalue weighted by Gasteiger charge is -2.49. The standard InChI is InChI=1S/C28H37BrN4O3.C2H2O4/c1-5-36-30-26(22-6-8-24(29)9-7-22)23-11-15-32(16-12-23)28(4)13-18-31(19-14-28)27(34)25-20(2)10-17-33(35)21(25)3;3-1(4)2(5)6/h6-10,17,23H,5,11-16,18-19H2,1-4H3;(H,3,4)(H,5,6)/b30-26-;. The van der Waals surface area contributed by atoms with Gasteiger partial charge in [0.1, 0.15) is 12.2 Å². The molecule has 228 valence electrons. The fourth-order valence-corrected chi connectivity index (χ4v) is 5.83. The first-order valence-corrected chi connectivity index (χ1v) is 14.8. The van der Waals surface area contributed by atoms with Gasteiger partial charge in [-0.3, -0.25) is 9.69 Å². The van der Waals surface area contributed by atoms with Crippen molar-refractivity contribution >= 4 is 39.5 Å². The van der Waals surface area contributed by atoms with E-state index in [9.17, 15) is 10.0 Å². The highest BCUT2D eigenvalue weighted by molar-refractivity contribution is 9.10. The molecule has 0 unspecified atom stereocenters. The number of piperidine rings is 2. The van der Waals surface area contributed by atoms with E-state index in [1.807, 2.05) is 18.7 Å². The number of hydrogen-bond acceptors (Lipinski definition) is 7. The quantitative estimate of drug-likeness (QED) is 0.157. The van der Waals surface area contributed by atoms with Gasteiger partial charge in [0.15, 0.2) is 6.20 Å². The van der Waals surface area contributed by atoms with E-state index < -0.39 is 11.9 Å². The number of aryl methyl sites for hydroxylation is 1. The van der Waals surface area contributed by atoms with Crippen LogP contribution >= 0.6 is 15.9 Å². The summed E-state index contributed by atoms with van der Waals surface area (Å²) in [6, 6.07) is 10.0. The van der Waals surface area contributed by atoms with Crippen molar-refractivity contribution in [1.82, 2.24) is 9.80 Å². The van der Waals surface area contributed by atoms with Crippen LogP contribution in [0.4, 0.5) is 0 Å². The minimum Gasteiger partial charge on any atom is -0.618 e. The molecule has 1 amide bonds. The Balaban J connectivity index is 0.000000730. The Hall–Kier alpha value is -3.51. The summed E-state index contributed by atoms with van der Waals surface area (Å²) in [5.74, 6) is -3.31. The van der Waals surface area contributed by atoms with E-state index in [0.717, 1.165) is 64.8 Å². The van der Waals surface area contributed by atoms with Gasteiger partial charge in [-0.05, 0) is 82.8 Å². The number of pyridine rings is 1. The summed E-state index contributed by atoms with van der Waals surface area (Å²) < 4.78 is 1.84. The lowest BCUT2D eigenvalue weighted by atomic mass is 9.82. The van der Waals surface area contributed by atoms with E-state index in [-0.39, 0.29) is 11.4 Å². The summed E-state index contributed by atoms with van der Waals surface area (Å²) in [4.78, 5) is 41.5. The molecule has 11 nitrogen and oxygen atoms in total. The fraction of sp³-hybridized carbons (Fsp3) is 0.500. The fourth-order valence-electron chi connectivity index (χ4n) is 5.57. The van der Waals surface area contributed by atoms with Crippen molar-refractivity contribution in [1.29, 1.82) is 0 Å². The van der Waals surface area contributed by atoms with Crippen molar-refractivity contribution in [2.75, 3.05) is 32.8 Å². The van der Waals surface area contributed by atoms with Crippen molar-refractivity contribution in [3.05, 3.63) is 68.6 Å². The third-order valence-electron chi connectivity index (χ3n) is 8.15. The first kappa shape index (κ1) is 33.0. The van der Waals surface area contributed by atoms with Gasteiger partial charge < -0.3 is 25.2 Å². The van der Waals surface area contributed by atoms with Crippen LogP contribution in [-0.2, 0) is 14.4 Å². The van der Waals surface area contributed by atoms with Crippen LogP contribution in [0.3, 0.4) is 0 Å². The smallest absolute Gasteiger partial charge is 0.414 e. The summed E-state index contributed by atoms with van der Waals surface area (Å²) in [6.45, 7) is 11.9. The van der Waals surface area contributed by atoms with E-state index in [1.54, 1.807) is 13.0 Å². The minimum atomic E-state index is -1.82. The van der Waals surface area contributed by atoms with E-state index in [4.69, 9.17) is 24.6 Å². The Morgan fingerprint density at radius 3 is 2.14 bits per heavy atom. The molecule has 0 spiro atoms. The van der Waals surface area contributed by atoms with E-state index in [1.165, 1.54) is 6.20 Å². The second-order valence-electron chi connectivity index (χ2n) is 10.8. The Morgan fingerprint density at radius 1 is 1.05 bits per heavy atom. The number of amides is 1. The van der Waals surface area contributed by atoms with Gasteiger partial charge >= 0.3 is 11.9 Å². The molecule has 0 atom stereocenters. The predicted molar refractivity (Wildman–Crippen MR) is 160 cm³/mol. The average Bonchev–Trinajstić information content (AvgIpc) is 2.97. The van der Waals surface area contributed by atoms with E-state index >= 15 is 0 Å². The lowest BCUT2D eigenvalue weighted by molar-refractivity contribution is -0.612. The Labute approximate surface area is 254 Å². The van der Waals surface area contributed by atoms with Crippen LogP contribution in [0.1, 0.15) is 66.7 Å². The van der Waals surface area contributed by atoms with Gasteiger partial charge in [-0.15, -0.1) is 0 Å². The van der Waals surface area contributed by atoms with Gasteiger partial charge in [-0.25, -0.2) is 9.59 Å². The highest BCUT2D eigenvalue weighted by atomic mass is 79.9. The van der Waals surface area contributed by atoms with Crippen LogP contribution in [0.25, 0.3) is 0 Å². The molecule has 3 heterocycles. The highest BCUT2D eigenvalue weighted by Crippen LogP contribution is 2.34. The van der Waals surface area contributed by atoms with Gasteiger partial charge in [0, 0.05) is 42.0 Å². The number of oxime groups is 1. The number of aliphatic carboxylic acids is 2. The number of hydrogen-bond donors (Lipinski definition) is 2. The SMILES string of the molecule is CCO/N=C(/c1ccc(Br)cc1)C1CCN(C2(C)CCN(C(=O)c3c(C)cc[n+]([O-])c3C)CC2)CC1.O=C(O)C(=O)O. The molecular weight excluding hydrogens is 608 g/mol. The normalized spacial score (nSPS) is 17.6. The molecule has 2 fully saturated rings. The number of aromatic nitrogens is 1. The van der Waals surface area contributed by atoms with Crippen molar-refractivity contribution in [2.24, 2.45) is 11.1 Å². The predicted octanol–water partition coefficient (Wildman–Crippen LogP) is 4.00. The van der Waals surface area contributed by atoms with Gasteiger partial charge in [0.2, 0.25) is 5.69 Å². The molecule has 1 aromatic heterocycles. The molecular formula is C30H39BrN4O7. The third kappa shape index (κ3) is 8.07. The molecule has 0 aliphatic carbocycles. The number of nitrogens with zero attached hydrogens (tertiary/aromatic N) is 4. The molecule has 12 heteroatoms. The van der Waals surface area contributed by atoms with Crippen molar-refractivity contribution in [3.8, 4) is 0 Å². The van der Waals surface area contributed by atoms with Crippen molar-refractivity contribution in [2.45, 2.75) is 58.9 Å². The maximum atomic E-state index is 13.3. The van der Waals surface area contributed by atoms with Crippen molar-refractivity contribution < 1.29 is 34.2 Å². The van der Waals surface area contributed by atoms with E-state index in [2.05, 4.69) is 57.2 Å². The molecule has 0 bridgehead atoms. The molecule has 0 radical (unpaired) electrons. The monoisotopic (exact) mass is 646 g/mol. The second kappa shape index (κ2) is 14.6. The number of carbonyl (C=O) groups excluding carboxylic acids is 1. The summed E-state index contributed by atoms with van der Waals surface area (Å²) in [5, 5.41) is 31.3. The van der Waals surface area contributed by atoms with Gasteiger partial charge in [-0.1, -0.05) is 33.2 Å². The van der Waals surface area contributed by atoms with Crippen molar-refractivity contribution in [3.63, 3.8) is 0 Å². The first-order valence-electron chi connectivity index (χ1n) is 14.0. The molecule has 2 saturated heterocycles. The minimum absolute atomic E-state index is 0.0257. The molecule has 2 N–H and O–H groups in total. The number of halogens is 1. The van der Waals surface area contributed by atoms with Crippen LogP contribution in [-0.4, -0.2) is 81.9 Å². The topological polar surface area (TPSA) is 147 Å². The number of carbonyl (C=O) groups is 3. The Bertz CT molecular complexity index is 1290. The zero-order valence-corrected chi connectivity index (χ0v) is 26.1. The van der Waals surface area contributed by atoms with Gasteiger partial charge in [0.05, 0.1) is 5.71 Å². The third-order valence-corrected chi connectivity index (χ3v) is 8.68. The lowest BCUT2D eigenvalue weighted by Crippen LogP contribution is -2.57. The highest BCUT2D eigenvalue weighted by Gasteiger charge is 2.40. The summed E-state index contributed by atoms with van der Waals surface area (Å²) >= 11 is 3.52. The maximum Gasteiger partial charge on any atom is 0.414 e. The zero-order valence-electron chi connectivity index (χ0n) is 24.5. The van der Waals surface area contributed by atoms with E-state index in [0.29, 0.717) is 36.9 Å².